The molecule has 1 aromatic rings. The molecule has 7 heteroatoms. The topological polar surface area (TPSA) is 55.4 Å². The van der Waals surface area contributed by atoms with Gasteiger partial charge < -0.3 is 10.1 Å². The van der Waals surface area contributed by atoms with Crippen LogP contribution in [0.4, 0.5) is 5.69 Å². The molecule has 2 aliphatic carbocycles. The fraction of sp³-hybridized carbons (Fsp3) is 0.529. The Morgan fingerprint density at radius 1 is 1.08 bits per heavy atom. The summed E-state index contributed by atoms with van der Waals surface area (Å²) in [5.74, 6) is 1.09. The molecule has 2 fully saturated rings. The van der Waals surface area contributed by atoms with Crippen molar-refractivity contribution in [2.24, 2.45) is 17.8 Å². The van der Waals surface area contributed by atoms with E-state index in [-0.39, 0.29) is 22.6 Å². The van der Waals surface area contributed by atoms with Crippen molar-refractivity contribution in [3.8, 4) is 0 Å². The number of benzene rings is 1. The molecular weight excluding hydrogens is 373 g/mol. The average molecular weight is 391 g/mol. The van der Waals surface area contributed by atoms with Crippen molar-refractivity contribution in [1.82, 2.24) is 0 Å². The quantitative estimate of drug-likeness (QED) is 0.571. The molecule has 1 aromatic carbocycles. The summed E-state index contributed by atoms with van der Waals surface area (Å²) in [7, 11) is 0. The van der Waals surface area contributed by atoms with Gasteiger partial charge in [0.25, 0.3) is 5.91 Å². The monoisotopic (exact) mass is 389 g/mol. The van der Waals surface area contributed by atoms with E-state index in [1.165, 1.54) is 31.4 Å². The number of anilines is 1. The number of halogens is 3. The summed E-state index contributed by atoms with van der Waals surface area (Å²) in [5.41, 5.74) is 0.334. The van der Waals surface area contributed by atoms with Crippen molar-refractivity contribution in [1.29, 1.82) is 0 Å². The molecule has 0 radical (unpaired) electrons. The number of esters is 1. The second kappa shape index (κ2) is 7.51. The van der Waals surface area contributed by atoms with Crippen LogP contribution in [-0.4, -0.2) is 18.5 Å². The number of rotatable bonds is 5. The Hall–Kier alpha value is -0.970. The van der Waals surface area contributed by atoms with Gasteiger partial charge in [0.1, 0.15) is 0 Å². The molecule has 0 aliphatic heterocycles. The van der Waals surface area contributed by atoms with E-state index in [1.54, 1.807) is 0 Å². The minimum Gasteiger partial charge on any atom is -0.456 e. The van der Waals surface area contributed by atoms with E-state index in [0.717, 1.165) is 12.3 Å². The third-order valence-corrected chi connectivity index (χ3v) is 6.00. The molecule has 2 bridgehead atoms. The Morgan fingerprint density at radius 2 is 1.83 bits per heavy atom. The lowest BCUT2D eigenvalue weighted by atomic mass is 9.86. The largest absolute Gasteiger partial charge is 0.456 e. The first-order valence-electron chi connectivity index (χ1n) is 8.02. The summed E-state index contributed by atoms with van der Waals surface area (Å²) in [6.45, 7) is -0.337. The highest BCUT2D eigenvalue weighted by atomic mass is 35.5. The van der Waals surface area contributed by atoms with Crippen LogP contribution in [0.3, 0.4) is 0 Å². The molecule has 0 unspecified atom stereocenters. The summed E-state index contributed by atoms with van der Waals surface area (Å²) in [4.78, 5) is 23.8. The number of hydrogen-bond donors (Lipinski definition) is 1. The molecule has 0 heterocycles. The van der Waals surface area contributed by atoms with Crippen LogP contribution in [0.1, 0.15) is 32.1 Å². The lowest BCUT2D eigenvalue weighted by Crippen LogP contribution is -2.23. The smallest absolute Gasteiger partial charge is 0.306 e. The molecule has 130 valence electrons. The van der Waals surface area contributed by atoms with Crippen LogP contribution in [0.25, 0.3) is 0 Å². The van der Waals surface area contributed by atoms with Crippen LogP contribution >= 0.6 is 34.8 Å². The Labute approximate surface area is 155 Å². The van der Waals surface area contributed by atoms with Crippen molar-refractivity contribution in [3.05, 3.63) is 27.2 Å². The zero-order valence-electron chi connectivity index (χ0n) is 13.0. The Balaban J connectivity index is 1.45. The van der Waals surface area contributed by atoms with Crippen molar-refractivity contribution >= 4 is 52.4 Å². The van der Waals surface area contributed by atoms with E-state index in [4.69, 9.17) is 39.5 Å². The number of nitrogens with one attached hydrogen (secondary N) is 1. The van der Waals surface area contributed by atoms with Gasteiger partial charge in [0, 0.05) is 6.42 Å². The molecule has 24 heavy (non-hydrogen) atoms. The van der Waals surface area contributed by atoms with Gasteiger partial charge >= 0.3 is 5.97 Å². The van der Waals surface area contributed by atoms with Gasteiger partial charge in [0.05, 0.1) is 20.8 Å². The number of carbonyl (C=O) groups excluding carboxylic acids is 2. The molecule has 2 saturated carbocycles. The normalized spacial score (nSPS) is 24.9. The number of ether oxygens (including phenoxy) is 1. The summed E-state index contributed by atoms with van der Waals surface area (Å²) in [6, 6.07) is 2.91. The van der Waals surface area contributed by atoms with Crippen molar-refractivity contribution in [2.75, 3.05) is 11.9 Å². The van der Waals surface area contributed by atoms with Gasteiger partial charge in [-0.3, -0.25) is 9.59 Å². The number of fused-ring (bicyclic) bond motifs is 2. The lowest BCUT2D eigenvalue weighted by molar-refractivity contribution is -0.148. The minimum absolute atomic E-state index is 0.269. The fourth-order valence-corrected chi connectivity index (χ4v) is 4.44. The average Bonchev–Trinajstić information content (AvgIpc) is 3.13. The van der Waals surface area contributed by atoms with Gasteiger partial charge in [-0.1, -0.05) is 41.2 Å². The first-order chi connectivity index (χ1) is 11.4. The zero-order chi connectivity index (χ0) is 17.3. The van der Waals surface area contributed by atoms with Crippen LogP contribution in [0.15, 0.2) is 12.1 Å². The fourth-order valence-electron chi connectivity index (χ4n) is 3.85. The van der Waals surface area contributed by atoms with Gasteiger partial charge in [0.2, 0.25) is 0 Å². The maximum absolute atomic E-state index is 11.9. The SMILES string of the molecule is O=C(COC(=O)C[C@@H]1C[C@H]2CC[C@H]1C2)Nc1cc(Cl)c(Cl)cc1Cl. The second-order valence-electron chi connectivity index (χ2n) is 6.59. The number of carbonyl (C=O) groups is 2. The zero-order valence-corrected chi connectivity index (χ0v) is 15.3. The molecule has 0 aromatic heterocycles. The van der Waals surface area contributed by atoms with E-state index in [1.807, 2.05) is 0 Å². The third kappa shape index (κ3) is 4.16. The highest BCUT2D eigenvalue weighted by molar-refractivity contribution is 6.44. The van der Waals surface area contributed by atoms with Crippen LogP contribution in [-0.2, 0) is 14.3 Å². The third-order valence-electron chi connectivity index (χ3n) is 4.96. The predicted molar refractivity (Wildman–Crippen MR) is 94.6 cm³/mol. The lowest BCUT2D eigenvalue weighted by Gasteiger charge is -2.20. The number of hydrogen-bond acceptors (Lipinski definition) is 3. The minimum atomic E-state index is -0.461. The second-order valence-corrected chi connectivity index (χ2v) is 7.82. The van der Waals surface area contributed by atoms with E-state index in [0.29, 0.717) is 29.0 Å². The van der Waals surface area contributed by atoms with E-state index >= 15 is 0 Å². The first kappa shape index (κ1) is 17.8. The first-order valence-corrected chi connectivity index (χ1v) is 9.15. The molecule has 1 N–H and O–H groups in total. The summed E-state index contributed by atoms with van der Waals surface area (Å²) >= 11 is 17.7. The molecule has 0 saturated heterocycles. The summed E-state index contributed by atoms with van der Waals surface area (Å²) < 4.78 is 5.09. The summed E-state index contributed by atoms with van der Waals surface area (Å²) in [6.07, 6.45) is 5.28. The molecule has 3 rings (SSSR count). The van der Waals surface area contributed by atoms with E-state index < -0.39 is 5.91 Å². The molecule has 3 atom stereocenters. The molecular formula is C17H18Cl3NO3. The maximum atomic E-state index is 11.9. The van der Waals surface area contributed by atoms with Crippen molar-refractivity contribution < 1.29 is 14.3 Å². The molecule has 1 amide bonds. The Bertz CT molecular complexity index is 665. The van der Waals surface area contributed by atoms with Crippen LogP contribution in [0.5, 0.6) is 0 Å². The molecule has 4 nitrogen and oxygen atoms in total. The summed E-state index contributed by atoms with van der Waals surface area (Å²) in [5, 5.41) is 3.42. The van der Waals surface area contributed by atoms with Gasteiger partial charge in [-0.2, -0.15) is 0 Å². The highest BCUT2D eigenvalue weighted by Gasteiger charge is 2.40. The Morgan fingerprint density at radius 3 is 2.50 bits per heavy atom. The van der Waals surface area contributed by atoms with Gasteiger partial charge in [0.15, 0.2) is 6.61 Å². The van der Waals surface area contributed by atoms with Crippen LogP contribution in [0.2, 0.25) is 15.1 Å². The Kier molecular flexibility index (Phi) is 5.58. The maximum Gasteiger partial charge on any atom is 0.306 e. The van der Waals surface area contributed by atoms with Crippen molar-refractivity contribution in [3.63, 3.8) is 0 Å². The number of amides is 1. The van der Waals surface area contributed by atoms with Gasteiger partial charge in [-0.05, 0) is 49.1 Å². The van der Waals surface area contributed by atoms with Gasteiger partial charge in [-0.15, -0.1) is 0 Å². The molecule has 0 spiro atoms. The predicted octanol–water partition coefficient (Wildman–Crippen LogP) is 4.95. The standard InChI is InChI=1S/C17H18Cl3NO3/c18-12-6-14(20)15(7-13(12)19)21-16(22)8-24-17(23)5-11-4-9-1-2-10(11)3-9/h6-7,9-11H,1-5,8H2,(H,21,22)/t9-,10-,11-/m0/s1. The van der Waals surface area contributed by atoms with Crippen molar-refractivity contribution in [2.45, 2.75) is 32.1 Å². The van der Waals surface area contributed by atoms with Gasteiger partial charge in [-0.25, -0.2) is 0 Å². The van der Waals surface area contributed by atoms with Crippen LogP contribution < -0.4 is 5.32 Å². The molecule has 2 aliphatic rings. The van der Waals surface area contributed by atoms with E-state index in [2.05, 4.69) is 5.32 Å². The van der Waals surface area contributed by atoms with Crippen LogP contribution in [0, 0.1) is 17.8 Å². The highest BCUT2D eigenvalue weighted by Crippen LogP contribution is 2.49. The van der Waals surface area contributed by atoms with E-state index in [9.17, 15) is 9.59 Å².